The fraction of sp³-hybridized carbons (Fsp3) is 0.333. The van der Waals surface area contributed by atoms with Crippen molar-refractivity contribution in [3.63, 3.8) is 0 Å². The SMILES string of the molecule is COc1ccc(Br)cc1C(N)C1CCc2ccccc2C1. The Balaban J connectivity index is 1.87. The Labute approximate surface area is 134 Å². The summed E-state index contributed by atoms with van der Waals surface area (Å²) in [5, 5.41) is 0. The van der Waals surface area contributed by atoms with Gasteiger partial charge in [-0.3, -0.25) is 0 Å². The van der Waals surface area contributed by atoms with Crippen LogP contribution in [-0.2, 0) is 12.8 Å². The number of halogens is 1. The quantitative estimate of drug-likeness (QED) is 0.901. The molecule has 2 atom stereocenters. The predicted octanol–water partition coefficient (Wildman–Crippen LogP) is 4.26. The largest absolute Gasteiger partial charge is 0.496 e. The Morgan fingerprint density at radius 1 is 1.19 bits per heavy atom. The van der Waals surface area contributed by atoms with Crippen molar-refractivity contribution in [1.29, 1.82) is 0 Å². The Morgan fingerprint density at radius 2 is 1.95 bits per heavy atom. The first kappa shape index (κ1) is 14.6. The maximum atomic E-state index is 6.57. The summed E-state index contributed by atoms with van der Waals surface area (Å²) in [5.74, 6) is 1.34. The lowest BCUT2D eigenvalue weighted by molar-refractivity contribution is 0.359. The van der Waals surface area contributed by atoms with Crippen LogP contribution in [0.2, 0.25) is 0 Å². The molecule has 2 unspecified atom stereocenters. The number of ether oxygens (including phenoxy) is 1. The highest BCUT2D eigenvalue weighted by Gasteiger charge is 2.26. The lowest BCUT2D eigenvalue weighted by atomic mass is 9.78. The van der Waals surface area contributed by atoms with E-state index in [0.717, 1.165) is 35.0 Å². The van der Waals surface area contributed by atoms with E-state index in [4.69, 9.17) is 10.5 Å². The molecule has 0 spiro atoms. The van der Waals surface area contributed by atoms with Gasteiger partial charge in [0.1, 0.15) is 5.75 Å². The summed E-state index contributed by atoms with van der Waals surface area (Å²) in [7, 11) is 1.70. The average molecular weight is 346 g/mol. The second-order valence-electron chi connectivity index (χ2n) is 5.68. The number of nitrogens with two attached hydrogens (primary N) is 1. The van der Waals surface area contributed by atoms with Gasteiger partial charge in [-0.15, -0.1) is 0 Å². The molecular formula is C18H20BrNO. The highest BCUT2D eigenvalue weighted by Crippen LogP contribution is 2.37. The molecule has 2 aromatic carbocycles. The van der Waals surface area contributed by atoms with E-state index < -0.39 is 0 Å². The number of benzene rings is 2. The van der Waals surface area contributed by atoms with Crippen LogP contribution < -0.4 is 10.5 Å². The first-order chi connectivity index (χ1) is 10.2. The van der Waals surface area contributed by atoms with Gasteiger partial charge in [0.2, 0.25) is 0 Å². The molecule has 3 heteroatoms. The maximum absolute atomic E-state index is 6.57. The van der Waals surface area contributed by atoms with Gasteiger partial charge < -0.3 is 10.5 Å². The Morgan fingerprint density at radius 3 is 2.71 bits per heavy atom. The maximum Gasteiger partial charge on any atom is 0.123 e. The summed E-state index contributed by atoms with van der Waals surface area (Å²) in [4.78, 5) is 0. The summed E-state index contributed by atoms with van der Waals surface area (Å²) < 4.78 is 6.53. The van der Waals surface area contributed by atoms with Gasteiger partial charge in [0.15, 0.2) is 0 Å². The number of hydrogen-bond acceptors (Lipinski definition) is 2. The summed E-state index contributed by atoms with van der Waals surface area (Å²) in [6.07, 6.45) is 3.30. The van der Waals surface area contributed by atoms with Gasteiger partial charge in [-0.05, 0) is 54.5 Å². The van der Waals surface area contributed by atoms with Crippen LogP contribution in [0.15, 0.2) is 46.9 Å². The molecule has 0 amide bonds. The molecule has 110 valence electrons. The molecule has 2 aromatic rings. The smallest absolute Gasteiger partial charge is 0.123 e. The number of methoxy groups -OCH3 is 1. The summed E-state index contributed by atoms with van der Waals surface area (Å²) in [6.45, 7) is 0. The molecule has 2 N–H and O–H groups in total. The van der Waals surface area contributed by atoms with E-state index in [-0.39, 0.29) is 6.04 Å². The second kappa shape index (κ2) is 6.20. The average Bonchev–Trinajstić information content (AvgIpc) is 2.53. The van der Waals surface area contributed by atoms with Gasteiger partial charge in [0.25, 0.3) is 0 Å². The van der Waals surface area contributed by atoms with Gasteiger partial charge in [0, 0.05) is 16.1 Å². The summed E-state index contributed by atoms with van der Waals surface area (Å²) >= 11 is 3.53. The standard InChI is InChI=1S/C18H20BrNO/c1-21-17-9-8-15(19)11-16(17)18(20)14-7-6-12-4-2-3-5-13(12)10-14/h2-5,8-9,11,14,18H,6-7,10,20H2,1H3. The minimum atomic E-state index is 0.00538. The predicted molar refractivity (Wildman–Crippen MR) is 89.6 cm³/mol. The van der Waals surface area contributed by atoms with Crippen LogP contribution in [0.1, 0.15) is 29.2 Å². The highest BCUT2D eigenvalue weighted by molar-refractivity contribution is 9.10. The molecule has 21 heavy (non-hydrogen) atoms. The van der Waals surface area contributed by atoms with Crippen molar-refractivity contribution in [3.05, 3.63) is 63.6 Å². The fourth-order valence-electron chi connectivity index (χ4n) is 3.25. The lowest BCUT2D eigenvalue weighted by Crippen LogP contribution is -2.27. The molecule has 2 nitrogen and oxygen atoms in total. The fourth-order valence-corrected chi connectivity index (χ4v) is 3.63. The van der Waals surface area contributed by atoms with Crippen molar-refractivity contribution in [2.45, 2.75) is 25.3 Å². The molecule has 0 radical (unpaired) electrons. The molecule has 0 aromatic heterocycles. The van der Waals surface area contributed by atoms with Crippen molar-refractivity contribution in [3.8, 4) is 5.75 Å². The Bertz CT molecular complexity index is 641. The minimum Gasteiger partial charge on any atom is -0.496 e. The highest BCUT2D eigenvalue weighted by atomic mass is 79.9. The summed E-state index contributed by atoms with van der Waals surface area (Å²) in [6, 6.07) is 14.8. The molecule has 0 saturated heterocycles. The van der Waals surface area contributed by atoms with Crippen LogP contribution >= 0.6 is 15.9 Å². The third kappa shape index (κ3) is 2.99. The van der Waals surface area contributed by atoms with Crippen molar-refractivity contribution in [1.82, 2.24) is 0 Å². The third-order valence-corrected chi connectivity index (χ3v) is 4.94. The van der Waals surface area contributed by atoms with Crippen molar-refractivity contribution in [2.75, 3.05) is 7.11 Å². The van der Waals surface area contributed by atoms with Gasteiger partial charge >= 0.3 is 0 Å². The molecular weight excluding hydrogens is 326 g/mol. The van der Waals surface area contributed by atoms with Crippen LogP contribution in [0.5, 0.6) is 5.75 Å². The van der Waals surface area contributed by atoms with Crippen molar-refractivity contribution in [2.24, 2.45) is 11.7 Å². The van der Waals surface area contributed by atoms with Crippen LogP contribution in [-0.4, -0.2) is 7.11 Å². The molecule has 1 aliphatic carbocycles. The zero-order valence-electron chi connectivity index (χ0n) is 12.2. The molecule has 3 rings (SSSR count). The minimum absolute atomic E-state index is 0.00538. The topological polar surface area (TPSA) is 35.2 Å². The normalized spacial score (nSPS) is 18.9. The first-order valence-electron chi connectivity index (χ1n) is 7.35. The van der Waals surface area contributed by atoms with Crippen LogP contribution in [0.3, 0.4) is 0 Å². The molecule has 0 saturated carbocycles. The van der Waals surface area contributed by atoms with E-state index in [9.17, 15) is 0 Å². The second-order valence-corrected chi connectivity index (χ2v) is 6.60. The lowest BCUT2D eigenvalue weighted by Gasteiger charge is -2.30. The number of hydrogen-bond donors (Lipinski definition) is 1. The monoisotopic (exact) mass is 345 g/mol. The van der Waals surface area contributed by atoms with Crippen molar-refractivity contribution >= 4 is 15.9 Å². The number of aryl methyl sites for hydroxylation is 1. The van der Waals surface area contributed by atoms with Gasteiger partial charge in [-0.1, -0.05) is 40.2 Å². The molecule has 0 bridgehead atoms. The van der Waals surface area contributed by atoms with Crippen LogP contribution in [0, 0.1) is 5.92 Å². The van der Waals surface area contributed by atoms with Gasteiger partial charge in [-0.25, -0.2) is 0 Å². The van der Waals surface area contributed by atoms with Crippen LogP contribution in [0.25, 0.3) is 0 Å². The van der Waals surface area contributed by atoms with Crippen LogP contribution in [0.4, 0.5) is 0 Å². The Hall–Kier alpha value is -1.32. The summed E-state index contributed by atoms with van der Waals surface area (Å²) in [5.41, 5.74) is 10.6. The first-order valence-corrected chi connectivity index (χ1v) is 8.14. The van der Waals surface area contributed by atoms with E-state index in [1.54, 1.807) is 7.11 Å². The molecule has 0 heterocycles. The zero-order chi connectivity index (χ0) is 14.8. The van der Waals surface area contributed by atoms with Gasteiger partial charge in [-0.2, -0.15) is 0 Å². The molecule has 0 aliphatic heterocycles. The number of rotatable bonds is 3. The van der Waals surface area contributed by atoms with Crippen molar-refractivity contribution < 1.29 is 4.74 Å². The van der Waals surface area contributed by atoms with E-state index in [0.29, 0.717) is 5.92 Å². The van der Waals surface area contributed by atoms with E-state index in [1.807, 2.05) is 12.1 Å². The van der Waals surface area contributed by atoms with Gasteiger partial charge in [0.05, 0.1) is 7.11 Å². The Kier molecular flexibility index (Phi) is 4.32. The zero-order valence-corrected chi connectivity index (χ0v) is 13.8. The molecule has 0 fully saturated rings. The third-order valence-electron chi connectivity index (χ3n) is 4.44. The number of fused-ring (bicyclic) bond motifs is 1. The van der Waals surface area contributed by atoms with E-state index in [2.05, 4.69) is 46.3 Å². The molecule has 1 aliphatic rings. The van der Waals surface area contributed by atoms with E-state index >= 15 is 0 Å². The van der Waals surface area contributed by atoms with E-state index in [1.165, 1.54) is 11.1 Å².